The van der Waals surface area contributed by atoms with E-state index in [1.165, 1.54) is 44.9 Å². The average Bonchev–Trinajstić information content (AvgIpc) is 2.59. The Morgan fingerprint density at radius 1 is 1.17 bits per heavy atom. The van der Waals surface area contributed by atoms with Crippen molar-refractivity contribution in [2.45, 2.75) is 58.2 Å². The van der Waals surface area contributed by atoms with Gasteiger partial charge in [0.2, 0.25) is 0 Å². The van der Waals surface area contributed by atoms with E-state index in [1.807, 2.05) is 37.3 Å². The van der Waals surface area contributed by atoms with E-state index in [2.05, 4.69) is 6.58 Å². The van der Waals surface area contributed by atoms with Gasteiger partial charge in [0.25, 0.3) is 0 Å². The van der Waals surface area contributed by atoms with Gasteiger partial charge in [-0.05, 0) is 86.3 Å². The standard InChI is InChI=1S/C22H30O2/c1-3-17-5-8-21(9-6-17)24-16(2)23-15-22-11-10-19-7-4-18(13-22)12-20(19)14-22/h3,5-6,8-9,16,18-20H,1,4,7,10-15H2,2H3. The molecule has 0 aliphatic heterocycles. The van der Waals surface area contributed by atoms with Crippen LogP contribution in [0.4, 0.5) is 0 Å². The van der Waals surface area contributed by atoms with Crippen molar-refractivity contribution in [2.75, 3.05) is 6.61 Å². The molecule has 0 N–H and O–H groups in total. The van der Waals surface area contributed by atoms with E-state index in [4.69, 9.17) is 9.47 Å². The van der Waals surface area contributed by atoms with Gasteiger partial charge >= 0.3 is 0 Å². The molecule has 3 saturated carbocycles. The Bertz CT molecular complexity index is 574. The molecule has 0 amide bonds. The highest BCUT2D eigenvalue weighted by Crippen LogP contribution is 2.58. The third-order valence-electron chi connectivity index (χ3n) is 6.75. The third-order valence-corrected chi connectivity index (χ3v) is 6.75. The van der Waals surface area contributed by atoms with Gasteiger partial charge in [0.15, 0.2) is 6.29 Å². The van der Waals surface area contributed by atoms with E-state index in [0.29, 0.717) is 5.41 Å². The summed E-state index contributed by atoms with van der Waals surface area (Å²) >= 11 is 0. The van der Waals surface area contributed by atoms with Crippen molar-refractivity contribution in [1.29, 1.82) is 0 Å². The molecule has 1 aromatic rings. The van der Waals surface area contributed by atoms with Crippen LogP contribution < -0.4 is 4.74 Å². The van der Waals surface area contributed by atoms with Crippen LogP contribution in [0.2, 0.25) is 0 Å². The highest BCUT2D eigenvalue weighted by atomic mass is 16.7. The number of ether oxygens (including phenoxy) is 2. The highest BCUT2D eigenvalue weighted by molar-refractivity contribution is 5.48. The molecular formula is C22H30O2. The van der Waals surface area contributed by atoms with Crippen LogP contribution in [-0.2, 0) is 4.74 Å². The van der Waals surface area contributed by atoms with E-state index in [0.717, 1.165) is 35.7 Å². The molecule has 2 heteroatoms. The Balaban J connectivity index is 1.33. The van der Waals surface area contributed by atoms with Gasteiger partial charge in [0.05, 0.1) is 6.61 Å². The molecule has 5 unspecified atom stereocenters. The number of hydrogen-bond acceptors (Lipinski definition) is 2. The van der Waals surface area contributed by atoms with E-state index in [9.17, 15) is 0 Å². The fraction of sp³-hybridized carbons (Fsp3) is 0.636. The second kappa shape index (κ2) is 6.55. The smallest absolute Gasteiger partial charge is 0.196 e. The molecule has 5 atom stereocenters. The molecular weight excluding hydrogens is 296 g/mol. The van der Waals surface area contributed by atoms with Crippen molar-refractivity contribution in [1.82, 2.24) is 0 Å². The van der Waals surface area contributed by atoms with Crippen molar-refractivity contribution in [3.63, 3.8) is 0 Å². The fourth-order valence-electron chi connectivity index (χ4n) is 5.58. The normalized spacial score (nSPS) is 35.5. The lowest BCUT2D eigenvalue weighted by molar-refractivity contribution is -0.137. The molecule has 1 aromatic carbocycles. The maximum Gasteiger partial charge on any atom is 0.196 e. The summed E-state index contributed by atoms with van der Waals surface area (Å²) in [5.41, 5.74) is 1.55. The largest absolute Gasteiger partial charge is 0.465 e. The number of fused-ring (bicyclic) bond motifs is 2. The molecule has 0 spiro atoms. The zero-order valence-corrected chi connectivity index (χ0v) is 14.9. The lowest BCUT2D eigenvalue weighted by Gasteiger charge is -2.55. The van der Waals surface area contributed by atoms with Gasteiger partial charge < -0.3 is 9.47 Å². The Labute approximate surface area is 146 Å². The summed E-state index contributed by atoms with van der Waals surface area (Å²) in [7, 11) is 0. The van der Waals surface area contributed by atoms with E-state index in [-0.39, 0.29) is 6.29 Å². The first-order valence-electron chi connectivity index (χ1n) is 9.67. The summed E-state index contributed by atoms with van der Waals surface area (Å²) in [6.07, 6.45) is 11.7. The summed E-state index contributed by atoms with van der Waals surface area (Å²) in [6, 6.07) is 8.03. The second-order valence-electron chi connectivity index (χ2n) is 8.42. The van der Waals surface area contributed by atoms with Crippen LogP contribution >= 0.6 is 0 Å². The quantitative estimate of drug-likeness (QED) is 0.626. The summed E-state index contributed by atoms with van der Waals surface area (Å²) in [4.78, 5) is 0. The predicted molar refractivity (Wildman–Crippen MR) is 97.8 cm³/mol. The minimum Gasteiger partial charge on any atom is -0.465 e. The monoisotopic (exact) mass is 326 g/mol. The minimum absolute atomic E-state index is 0.187. The number of rotatable bonds is 6. The molecule has 3 aliphatic rings. The molecule has 0 radical (unpaired) electrons. The van der Waals surface area contributed by atoms with Gasteiger partial charge in [0, 0.05) is 0 Å². The first-order chi connectivity index (χ1) is 11.7. The lowest BCUT2D eigenvalue weighted by atomic mass is 9.52. The Kier molecular flexibility index (Phi) is 4.42. The molecule has 3 aliphatic carbocycles. The first-order valence-corrected chi connectivity index (χ1v) is 9.67. The van der Waals surface area contributed by atoms with Crippen molar-refractivity contribution >= 4 is 6.08 Å². The van der Waals surface area contributed by atoms with Crippen LogP contribution in [0.5, 0.6) is 5.75 Å². The second-order valence-corrected chi connectivity index (χ2v) is 8.42. The maximum atomic E-state index is 6.18. The molecule has 130 valence electrons. The van der Waals surface area contributed by atoms with Crippen LogP contribution in [0.1, 0.15) is 57.4 Å². The number of benzene rings is 1. The Morgan fingerprint density at radius 2 is 2.00 bits per heavy atom. The van der Waals surface area contributed by atoms with Gasteiger partial charge in [-0.3, -0.25) is 0 Å². The molecule has 3 fully saturated rings. The van der Waals surface area contributed by atoms with E-state index >= 15 is 0 Å². The summed E-state index contributed by atoms with van der Waals surface area (Å²) in [5, 5.41) is 0. The molecule has 24 heavy (non-hydrogen) atoms. The number of hydrogen-bond donors (Lipinski definition) is 0. The molecule has 3 bridgehead atoms. The van der Waals surface area contributed by atoms with Gasteiger partial charge in [-0.25, -0.2) is 0 Å². The summed E-state index contributed by atoms with van der Waals surface area (Å²) in [5.74, 6) is 3.84. The van der Waals surface area contributed by atoms with Gasteiger partial charge in [-0.2, -0.15) is 0 Å². The molecule has 4 rings (SSSR count). The van der Waals surface area contributed by atoms with Crippen LogP contribution in [0.3, 0.4) is 0 Å². The van der Waals surface area contributed by atoms with Crippen LogP contribution in [-0.4, -0.2) is 12.9 Å². The maximum absolute atomic E-state index is 6.18. The topological polar surface area (TPSA) is 18.5 Å². The van der Waals surface area contributed by atoms with E-state index in [1.54, 1.807) is 0 Å². The van der Waals surface area contributed by atoms with E-state index < -0.39 is 0 Å². The van der Waals surface area contributed by atoms with Crippen LogP contribution in [0.15, 0.2) is 30.8 Å². The predicted octanol–water partition coefficient (Wildman–Crippen LogP) is 5.68. The van der Waals surface area contributed by atoms with Crippen molar-refractivity contribution in [3.8, 4) is 5.75 Å². The molecule has 2 nitrogen and oxygen atoms in total. The van der Waals surface area contributed by atoms with Crippen LogP contribution in [0.25, 0.3) is 6.08 Å². The molecule has 0 aromatic heterocycles. The Hall–Kier alpha value is -1.28. The van der Waals surface area contributed by atoms with Crippen molar-refractivity contribution in [3.05, 3.63) is 36.4 Å². The van der Waals surface area contributed by atoms with Crippen molar-refractivity contribution < 1.29 is 9.47 Å². The van der Waals surface area contributed by atoms with Gasteiger partial charge in [0.1, 0.15) is 5.75 Å². The zero-order chi connectivity index (χ0) is 16.6. The summed E-state index contributed by atoms with van der Waals surface area (Å²) in [6.45, 7) is 6.68. The fourth-order valence-corrected chi connectivity index (χ4v) is 5.58. The van der Waals surface area contributed by atoms with Crippen molar-refractivity contribution in [2.24, 2.45) is 23.2 Å². The zero-order valence-electron chi connectivity index (χ0n) is 14.9. The first kappa shape index (κ1) is 16.2. The SMILES string of the molecule is C=Cc1ccc(OC(C)OCC23CCC4CCC(CC4C2)C3)cc1. The highest BCUT2D eigenvalue weighted by Gasteiger charge is 2.49. The third kappa shape index (κ3) is 3.26. The minimum atomic E-state index is -0.187. The Morgan fingerprint density at radius 3 is 2.79 bits per heavy atom. The van der Waals surface area contributed by atoms with Gasteiger partial charge in [-0.1, -0.05) is 31.2 Å². The molecule has 0 heterocycles. The summed E-state index contributed by atoms with van der Waals surface area (Å²) < 4.78 is 12.1. The van der Waals surface area contributed by atoms with Gasteiger partial charge in [-0.15, -0.1) is 0 Å². The van der Waals surface area contributed by atoms with Crippen LogP contribution in [0, 0.1) is 23.2 Å². The lowest BCUT2D eigenvalue weighted by Crippen LogP contribution is -2.47. The average molecular weight is 326 g/mol. The molecule has 0 saturated heterocycles.